The van der Waals surface area contributed by atoms with Gasteiger partial charge < -0.3 is 5.32 Å². The molecule has 0 bridgehead atoms. The summed E-state index contributed by atoms with van der Waals surface area (Å²) in [7, 11) is 0. The third kappa shape index (κ3) is 2.46. The molecule has 0 saturated heterocycles. The van der Waals surface area contributed by atoms with Crippen molar-refractivity contribution in [1.82, 2.24) is 0 Å². The van der Waals surface area contributed by atoms with Crippen LogP contribution in [0.5, 0.6) is 0 Å². The Morgan fingerprint density at radius 3 is 2.63 bits per heavy atom. The Bertz CT molecular complexity index is 625. The number of nitrogens with zero attached hydrogens (tertiary/aromatic N) is 1. The summed E-state index contributed by atoms with van der Waals surface area (Å²) in [6, 6.07) is 19.3. The van der Waals surface area contributed by atoms with Crippen molar-refractivity contribution < 1.29 is 0 Å². The number of rotatable bonds is 3. The Hall–Kier alpha value is -2.27. The van der Waals surface area contributed by atoms with E-state index in [-0.39, 0.29) is 0 Å². The van der Waals surface area contributed by atoms with Crippen molar-refractivity contribution in [2.45, 2.75) is 25.3 Å². The summed E-state index contributed by atoms with van der Waals surface area (Å²) >= 11 is 0. The number of anilines is 1. The van der Waals surface area contributed by atoms with Gasteiger partial charge in [-0.25, -0.2) is 0 Å². The van der Waals surface area contributed by atoms with Crippen LogP contribution in [0.25, 0.3) is 0 Å². The minimum Gasteiger partial charge on any atom is -0.382 e. The van der Waals surface area contributed by atoms with E-state index in [1.807, 2.05) is 19.1 Å². The summed E-state index contributed by atoms with van der Waals surface area (Å²) in [5.41, 5.74) is 4.30. The Morgan fingerprint density at radius 2 is 1.95 bits per heavy atom. The summed E-state index contributed by atoms with van der Waals surface area (Å²) in [4.78, 5) is 0. The predicted octanol–water partition coefficient (Wildman–Crippen LogP) is 3.83. The van der Waals surface area contributed by atoms with Crippen molar-refractivity contribution in [1.29, 1.82) is 5.26 Å². The van der Waals surface area contributed by atoms with Crippen LogP contribution in [-0.4, -0.2) is 6.04 Å². The lowest BCUT2D eigenvalue weighted by atomic mass is 10.1. The standard InChI is InChI=1S/C17H16N2/c1-12-9-15(8-7-14(12)11-18)19-17-10-16(17)13-5-3-2-4-6-13/h2-9,16-17,19H,10H2,1H3. The van der Waals surface area contributed by atoms with E-state index in [9.17, 15) is 0 Å². The van der Waals surface area contributed by atoms with Crippen molar-refractivity contribution in [2.75, 3.05) is 5.32 Å². The molecular weight excluding hydrogens is 232 g/mol. The zero-order valence-corrected chi connectivity index (χ0v) is 10.9. The number of nitriles is 1. The lowest BCUT2D eigenvalue weighted by Crippen LogP contribution is -2.04. The molecule has 1 saturated carbocycles. The fourth-order valence-corrected chi connectivity index (χ4v) is 2.52. The average molecular weight is 248 g/mol. The first-order valence-corrected chi connectivity index (χ1v) is 6.60. The van der Waals surface area contributed by atoms with Crippen LogP contribution >= 0.6 is 0 Å². The summed E-state index contributed by atoms with van der Waals surface area (Å²) in [5, 5.41) is 12.5. The van der Waals surface area contributed by atoms with E-state index >= 15 is 0 Å². The third-order valence-corrected chi connectivity index (χ3v) is 3.72. The van der Waals surface area contributed by atoms with E-state index in [1.165, 1.54) is 12.0 Å². The summed E-state index contributed by atoms with van der Waals surface area (Å²) in [6.07, 6.45) is 1.18. The van der Waals surface area contributed by atoms with Crippen LogP contribution in [0.15, 0.2) is 48.5 Å². The van der Waals surface area contributed by atoms with Crippen LogP contribution in [0, 0.1) is 18.3 Å². The number of hydrogen-bond donors (Lipinski definition) is 1. The van der Waals surface area contributed by atoms with Crippen molar-refractivity contribution in [3.8, 4) is 6.07 Å². The van der Waals surface area contributed by atoms with Gasteiger partial charge in [-0.05, 0) is 42.7 Å². The van der Waals surface area contributed by atoms with Gasteiger partial charge in [-0.15, -0.1) is 0 Å². The Labute approximate surface area is 113 Å². The van der Waals surface area contributed by atoms with Gasteiger partial charge in [-0.1, -0.05) is 30.3 Å². The van der Waals surface area contributed by atoms with Crippen LogP contribution in [-0.2, 0) is 0 Å². The Morgan fingerprint density at radius 1 is 1.16 bits per heavy atom. The Kier molecular flexibility index (Phi) is 2.97. The number of aryl methyl sites for hydroxylation is 1. The maximum absolute atomic E-state index is 8.92. The number of hydrogen-bond acceptors (Lipinski definition) is 2. The molecule has 0 aromatic heterocycles. The highest BCUT2D eigenvalue weighted by atomic mass is 15.0. The highest BCUT2D eigenvalue weighted by Gasteiger charge is 2.38. The maximum Gasteiger partial charge on any atom is 0.0994 e. The molecule has 0 heterocycles. The fourth-order valence-electron chi connectivity index (χ4n) is 2.52. The van der Waals surface area contributed by atoms with Crippen LogP contribution in [0.3, 0.4) is 0 Å². The normalized spacial score (nSPS) is 20.6. The molecule has 0 radical (unpaired) electrons. The highest BCUT2D eigenvalue weighted by molar-refractivity contribution is 5.53. The van der Waals surface area contributed by atoms with Gasteiger partial charge in [0.2, 0.25) is 0 Å². The van der Waals surface area contributed by atoms with Crippen LogP contribution in [0.4, 0.5) is 5.69 Å². The van der Waals surface area contributed by atoms with Gasteiger partial charge in [0.05, 0.1) is 11.6 Å². The largest absolute Gasteiger partial charge is 0.382 e. The van der Waals surface area contributed by atoms with Crippen LogP contribution in [0.2, 0.25) is 0 Å². The first kappa shape index (κ1) is 11.8. The lowest BCUT2D eigenvalue weighted by Gasteiger charge is -2.07. The predicted molar refractivity (Wildman–Crippen MR) is 77.1 cm³/mol. The van der Waals surface area contributed by atoms with Gasteiger partial charge in [0, 0.05) is 17.6 Å². The quantitative estimate of drug-likeness (QED) is 0.896. The molecule has 1 aliphatic carbocycles. The second kappa shape index (κ2) is 4.78. The van der Waals surface area contributed by atoms with E-state index in [1.54, 1.807) is 0 Å². The monoisotopic (exact) mass is 248 g/mol. The van der Waals surface area contributed by atoms with Gasteiger partial charge in [0.1, 0.15) is 0 Å². The molecule has 94 valence electrons. The third-order valence-electron chi connectivity index (χ3n) is 3.72. The fraction of sp³-hybridized carbons (Fsp3) is 0.235. The smallest absolute Gasteiger partial charge is 0.0994 e. The number of benzene rings is 2. The molecule has 0 amide bonds. The average Bonchev–Trinajstić information content (AvgIpc) is 3.19. The zero-order valence-electron chi connectivity index (χ0n) is 10.9. The molecule has 1 fully saturated rings. The molecule has 19 heavy (non-hydrogen) atoms. The van der Waals surface area contributed by atoms with E-state index in [0.29, 0.717) is 12.0 Å². The van der Waals surface area contributed by atoms with Crippen LogP contribution < -0.4 is 5.32 Å². The molecule has 3 rings (SSSR count). The molecule has 0 aliphatic heterocycles. The lowest BCUT2D eigenvalue weighted by molar-refractivity contribution is 1.04. The zero-order chi connectivity index (χ0) is 13.2. The highest BCUT2D eigenvalue weighted by Crippen LogP contribution is 2.42. The molecule has 0 spiro atoms. The van der Waals surface area contributed by atoms with Crippen molar-refractivity contribution >= 4 is 5.69 Å². The maximum atomic E-state index is 8.92. The summed E-state index contributed by atoms with van der Waals surface area (Å²) in [6.45, 7) is 1.98. The topological polar surface area (TPSA) is 35.8 Å². The van der Waals surface area contributed by atoms with Gasteiger partial charge in [0.25, 0.3) is 0 Å². The second-order valence-electron chi connectivity index (χ2n) is 5.15. The van der Waals surface area contributed by atoms with Crippen LogP contribution in [0.1, 0.15) is 29.0 Å². The molecular formula is C17H16N2. The molecule has 2 nitrogen and oxygen atoms in total. The summed E-state index contributed by atoms with van der Waals surface area (Å²) in [5.74, 6) is 0.622. The first-order chi connectivity index (χ1) is 9.28. The first-order valence-electron chi connectivity index (χ1n) is 6.60. The van der Waals surface area contributed by atoms with E-state index in [2.05, 4.69) is 47.8 Å². The van der Waals surface area contributed by atoms with Gasteiger partial charge in [-0.2, -0.15) is 5.26 Å². The summed E-state index contributed by atoms with van der Waals surface area (Å²) < 4.78 is 0. The molecule has 1 N–H and O–H groups in total. The molecule has 2 aromatic carbocycles. The molecule has 2 heteroatoms. The van der Waals surface area contributed by atoms with E-state index in [0.717, 1.165) is 16.8 Å². The molecule has 2 unspecified atom stereocenters. The van der Waals surface area contributed by atoms with E-state index < -0.39 is 0 Å². The van der Waals surface area contributed by atoms with Crippen molar-refractivity contribution in [3.63, 3.8) is 0 Å². The number of nitrogens with one attached hydrogen (secondary N) is 1. The Balaban J connectivity index is 1.68. The van der Waals surface area contributed by atoms with Crippen molar-refractivity contribution in [3.05, 3.63) is 65.2 Å². The van der Waals surface area contributed by atoms with Gasteiger partial charge in [-0.3, -0.25) is 0 Å². The minimum atomic E-state index is 0.523. The molecule has 1 aliphatic rings. The molecule has 2 atom stereocenters. The molecule has 2 aromatic rings. The van der Waals surface area contributed by atoms with Crippen molar-refractivity contribution in [2.24, 2.45) is 0 Å². The van der Waals surface area contributed by atoms with E-state index in [4.69, 9.17) is 5.26 Å². The second-order valence-corrected chi connectivity index (χ2v) is 5.15. The SMILES string of the molecule is Cc1cc(NC2CC2c2ccccc2)ccc1C#N. The van der Waals surface area contributed by atoms with Gasteiger partial charge >= 0.3 is 0 Å². The minimum absolute atomic E-state index is 0.523. The van der Waals surface area contributed by atoms with Gasteiger partial charge in [0.15, 0.2) is 0 Å².